The Morgan fingerprint density at radius 1 is 1.24 bits per heavy atom. The number of amides is 1. The first-order chi connectivity index (χ1) is 9.87. The lowest BCUT2D eigenvalue weighted by atomic mass is 10.2. The number of nitrogens with zero attached hydrogens (tertiary/aromatic N) is 4. The molecule has 0 radical (unpaired) electrons. The summed E-state index contributed by atoms with van der Waals surface area (Å²) in [6.45, 7) is 10.8. The van der Waals surface area contributed by atoms with Gasteiger partial charge in [-0.2, -0.15) is 0 Å². The summed E-state index contributed by atoms with van der Waals surface area (Å²) in [6.07, 6.45) is 4.96. The fourth-order valence-electron chi connectivity index (χ4n) is 2.33. The quantitative estimate of drug-likeness (QED) is 0.835. The Kier molecular flexibility index (Phi) is 4.77. The minimum atomic E-state index is -0.443. The molecule has 1 atom stereocenters. The smallest absolute Gasteiger partial charge is 0.410 e. The SMILES string of the molecule is CC(c1cnccn1)N1CCN(C(=O)OC(C)(C)C)CC1. The summed E-state index contributed by atoms with van der Waals surface area (Å²) in [4.78, 5) is 24.6. The Labute approximate surface area is 126 Å². The van der Waals surface area contributed by atoms with E-state index in [1.54, 1.807) is 23.5 Å². The van der Waals surface area contributed by atoms with E-state index in [4.69, 9.17) is 4.74 Å². The summed E-state index contributed by atoms with van der Waals surface area (Å²) in [7, 11) is 0. The van der Waals surface area contributed by atoms with Crippen molar-refractivity contribution < 1.29 is 9.53 Å². The van der Waals surface area contributed by atoms with Crippen LogP contribution in [0.1, 0.15) is 39.4 Å². The molecule has 1 aromatic heterocycles. The zero-order valence-corrected chi connectivity index (χ0v) is 13.2. The molecule has 0 aliphatic carbocycles. The average Bonchev–Trinajstić information content (AvgIpc) is 2.46. The minimum absolute atomic E-state index is 0.208. The number of rotatable bonds is 2. The molecule has 0 aromatic carbocycles. The van der Waals surface area contributed by atoms with E-state index in [9.17, 15) is 4.79 Å². The second-order valence-electron chi connectivity index (χ2n) is 6.31. The highest BCUT2D eigenvalue weighted by Crippen LogP contribution is 2.20. The van der Waals surface area contributed by atoms with E-state index in [0.717, 1.165) is 18.8 Å². The molecular weight excluding hydrogens is 268 g/mol. The average molecular weight is 292 g/mol. The number of piperazine rings is 1. The zero-order chi connectivity index (χ0) is 15.5. The highest BCUT2D eigenvalue weighted by atomic mass is 16.6. The van der Waals surface area contributed by atoms with Crippen molar-refractivity contribution in [1.82, 2.24) is 19.8 Å². The van der Waals surface area contributed by atoms with Gasteiger partial charge in [-0.3, -0.25) is 14.9 Å². The highest BCUT2D eigenvalue weighted by molar-refractivity contribution is 5.68. The first kappa shape index (κ1) is 15.7. The van der Waals surface area contributed by atoms with Crippen molar-refractivity contribution in [1.29, 1.82) is 0 Å². The molecule has 6 heteroatoms. The number of ether oxygens (including phenoxy) is 1. The highest BCUT2D eigenvalue weighted by Gasteiger charge is 2.28. The number of aromatic nitrogens is 2. The van der Waals surface area contributed by atoms with Gasteiger partial charge in [-0.1, -0.05) is 0 Å². The van der Waals surface area contributed by atoms with E-state index >= 15 is 0 Å². The second-order valence-corrected chi connectivity index (χ2v) is 6.31. The van der Waals surface area contributed by atoms with Crippen LogP contribution >= 0.6 is 0 Å². The monoisotopic (exact) mass is 292 g/mol. The number of carbonyl (C=O) groups excluding carboxylic acids is 1. The Balaban J connectivity index is 1.87. The molecule has 21 heavy (non-hydrogen) atoms. The molecule has 1 unspecified atom stereocenters. The summed E-state index contributed by atoms with van der Waals surface area (Å²) in [5.74, 6) is 0. The third-order valence-corrected chi connectivity index (χ3v) is 3.52. The van der Waals surface area contributed by atoms with E-state index in [-0.39, 0.29) is 12.1 Å². The van der Waals surface area contributed by atoms with Crippen LogP contribution in [0, 0.1) is 0 Å². The van der Waals surface area contributed by atoms with Crippen molar-refractivity contribution in [2.75, 3.05) is 26.2 Å². The van der Waals surface area contributed by atoms with E-state index in [1.165, 1.54) is 0 Å². The maximum atomic E-state index is 12.0. The third kappa shape index (κ3) is 4.39. The van der Waals surface area contributed by atoms with Gasteiger partial charge in [-0.05, 0) is 27.7 Å². The molecule has 0 bridgehead atoms. The van der Waals surface area contributed by atoms with Crippen LogP contribution in [0.4, 0.5) is 4.79 Å². The Hall–Kier alpha value is -1.69. The summed E-state index contributed by atoms with van der Waals surface area (Å²) in [5, 5.41) is 0. The van der Waals surface area contributed by atoms with Gasteiger partial charge in [-0.25, -0.2) is 4.79 Å². The normalized spacial score (nSPS) is 18.4. The molecule has 1 amide bonds. The molecule has 0 saturated carbocycles. The maximum absolute atomic E-state index is 12.0. The summed E-state index contributed by atoms with van der Waals surface area (Å²) in [6, 6.07) is 0.208. The van der Waals surface area contributed by atoms with Crippen molar-refractivity contribution in [2.45, 2.75) is 39.3 Å². The van der Waals surface area contributed by atoms with Gasteiger partial charge in [-0.15, -0.1) is 0 Å². The molecule has 2 rings (SSSR count). The van der Waals surface area contributed by atoms with Crippen LogP contribution in [0.3, 0.4) is 0 Å². The van der Waals surface area contributed by atoms with Crippen LogP contribution < -0.4 is 0 Å². The van der Waals surface area contributed by atoms with Crippen molar-refractivity contribution in [3.05, 3.63) is 24.3 Å². The molecule has 0 spiro atoms. The van der Waals surface area contributed by atoms with Gasteiger partial charge < -0.3 is 9.64 Å². The molecule has 1 aliphatic rings. The van der Waals surface area contributed by atoms with Crippen molar-refractivity contribution in [3.8, 4) is 0 Å². The summed E-state index contributed by atoms with van der Waals surface area (Å²) < 4.78 is 5.40. The summed E-state index contributed by atoms with van der Waals surface area (Å²) >= 11 is 0. The molecule has 1 fully saturated rings. The first-order valence-corrected chi connectivity index (χ1v) is 7.35. The topological polar surface area (TPSA) is 58.6 Å². The molecule has 2 heterocycles. The van der Waals surface area contributed by atoms with E-state index in [0.29, 0.717) is 13.1 Å². The van der Waals surface area contributed by atoms with Gasteiger partial charge in [0.2, 0.25) is 0 Å². The second kappa shape index (κ2) is 6.39. The fraction of sp³-hybridized carbons (Fsp3) is 0.667. The number of hydrogen-bond donors (Lipinski definition) is 0. The van der Waals surface area contributed by atoms with Gasteiger partial charge in [0.1, 0.15) is 5.60 Å². The molecule has 1 aliphatic heterocycles. The molecular formula is C15H24N4O2. The van der Waals surface area contributed by atoms with Crippen LogP contribution in [0.25, 0.3) is 0 Å². The van der Waals surface area contributed by atoms with Gasteiger partial charge in [0.05, 0.1) is 11.7 Å². The Morgan fingerprint density at radius 3 is 2.43 bits per heavy atom. The van der Waals surface area contributed by atoms with Gasteiger partial charge >= 0.3 is 6.09 Å². The predicted molar refractivity (Wildman–Crippen MR) is 79.8 cm³/mol. The minimum Gasteiger partial charge on any atom is -0.444 e. The Morgan fingerprint density at radius 2 is 1.90 bits per heavy atom. The van der Waals surface area contributed by atoms with Gasteiger partial charge in [0.25, 0.3) is 0 Å². The van der Waals surface area contributed by atoms with Crippen LogP contribution in [-0.4, -0.2) is 57.6 Å². The van der Waals surface area contributed by atoms with E-state index in [1.807, 2.05) is 20.8 Å². The maximum Gasteiger partial charge on any atom is 0.410 e. The summed E-state index contributed by atoms with van der Waals surface area (Å²) in [5.41, 5.74) is 0.518. The lowest BCUT2D eigenvalue weighted by molar-refractivity contribution is 0.0108. The van der Waals surface area contributed by atoms with Gasteiger partial charge in [0, 0.05) is 44.8 Å². The van der Waals surface area contributed by atoms with E-state index in [2.05, 4.69) is 21.8 Å². The lowest BCUT2D eigenvalue weighted by Gasteiger charge is -2.38. The van der Waals surface area contributed by atoms with Crippen molar-refractivity contribution >= 4 is 6.09 Å². The number of carbonyl (C=O) groups is 1. The molecule has 116 valence electrons. The third-order valence-electron chi connectivity index (χ3n) is 3.52. The molecule has 0 N–H and O–H groups in total. The predicted octanol–water partition coefficient (Wildman–Crippen LogP) is 2.09. The lowest BCUT2D eigenvalue weighted by Crippen LogP contribution is -2.50. The van der Waals surface area contributed by atoms with Crippen molar-refractivity contribution in [2.24, 2.45) is 0 Å². The number of hydrogen-bond acceptors (Lipinski definition) is 5. The first-order valence-electron chi connectivity index (χ1n) is 7.35. The van der Waals surface area contributed by atoms with Crippen LogP contribution in [0.5, 0.6) is 0 Å². The zero-order valence-electron chi connectivity index (χ0n) is 13.2. The van der Waals surface area contributed by atoms with Crippen LogP contribution in [0.2, 0.25) is 0 Å². The van der Waals surface area contributed by atoms with Crippen LogP contribution in [0.15, 0.2) is 18.6 Å². The standard InChI is InChI=1S/C15H24N4O2/c1-12(13-11-16-5-6-17-13)18-7-9-19(10-8-18)14(20)21-15(2,3)4/h5-6,11-12H,7-10H2,1-4H3. The Bertz CT molecular complexity index is 464. The molecule has 1 saturated heterocycles. The fourth-order valence-corrected chi connectivity index (χ4v) is 2.33. The molecule has 1 aromatic rings. The van der Waals surface area contributed by atoms with Crippen LogP contribution in [-0.2, 0) is 4.74 Å². The van der Waals surface area contributed by atoms with E-state index < -0.39 is 5.60 Å². The van der Waals surface area contributed by atoms with Gasteiger partial charge in [0.15, 0.2) is 0 Å². The molecule has 6 nitrogen and oxygen atoms in total. The largest absolute Gasteiger partial charge is 0.444 e. The van der Waals surface area contributed by atoms with Crippen molar-refractivity contribution in [3.63, 3.8) is 0 Å².